The minimum atomic E-state index is -0.482. The van der Waals surface area contributed by atoms with Crippen molar-refractivity contribution in [3.05, 3.63) is 149 Å². The summed E-state index contributed by atoms with van der Waals surface area (Å²) in [5, 5.41) is 0. The van der Waals surface area contributed by atoms with E-state index in [0.717, 1.165) is 101 Å². The Kier molecular flexibility index (Phi) is 12.1. The molecule has 6 N–H and O–H groups in total. The maximum absolute atomic E-state index is 13.5. The lowest BCUT2D eigenvalue weighted by Gasteiger charge is -2.32. The van der Waals surface area contributed by atoms with Crippen molar-refractivity contribution in [1.29, 1.82) is 0 Å². The molecule has 6 aromatic rings. The zero-order chi connectivity index (χ0) is 47.6. The van der Waals surface area contributed by atoms with Gasteiger partial charge in [0.05, 0.1) is 0 Å². The summed E-state index contributed by atoms with van der Waals surface area (Å²) in [7, 11) is 0. The average Bonchev–Trinajstić information content (AvgIpc) is 4.07. The molecule has 12 rings (SSSR count). The second-order valence-electron chi connectivity index (χ2n) is 18.3. The van der Waals surface area contributed by atoms with Crippen LogP contribution in [0.15, 0.2) is 114 Å². The molecule has 0 radical (unpaired) electrons. The molecule has 3 spiro atoms. The van der Waals surface area contributed by atoms with Gasteiger partial charge >= 0.3 is 0 Å². The first-order valence-electron chi connectivity index (χ1n) is 22.9. The van der Waals surface area contributed by atoms with Crippen LogP contribution in [0.5, 0.6) is 0 Å². The Morgan fingerprint density at radius 3 is 1.25 bits per heavy atom. The molecule has 3 aromatic carbocycles. The number of ether oxygens (including phenoxy) is 3. The molecule has 16 nitrogen and oxygen atoms in total. The maximum Gasteiger partial charge on any atom is 0.282 e. The summed E-state index contributed by atoms with van der Waals surface area (Å²) >= 11 is 0. The topological polar surface area (TPSA) is 237 Å². The third kappa shape index (κ3) is 8.87. The van der Waals surface area contributed by atoms with Crippen molar-refractivity contribution in [2.45, 2.75) is 81.1 Å². The van der Waals surface area contributed by atoms with E-state index in [1.165, 1.54) is 40.5 Å². The molecule has 3 atom stereocenters. The van der Waals surface area contributed by atoms with Gasteiger partial charge in [0.2, 0.25) is 0 Å². The number of nitrogens with two attached hydrogens (primary N) is 3. The number of aliphatic imine (C=N–C) groups is 3. The summed E-state index contributed by atoms with van der Waals surface area (Å²) in [6, 6.07) is 12.7. The highest BCUT2D eigenvalue weighted by Gasteiger charge is 2.43. The first-order chi connectivity index (χ1) is 33.6. The van der Waals surface area contributed by atoms with Gasteiger partial charge in [-0.05, 0) is 99.7 Å². The Morgan fingerprint density at radius 1 is 0.522 bits per heavy atom. The van der Waals surface area contributed by atoms with Crippen LogP contribution in [0, 0.1) is 0 Å². The zero-order valence-electron chi connectivity index (χ0n) is 38.0. The number of hydrogen-bond donors (Lipinski definition) is 3. The molecule has 350 valence electrons. The fourth-order valence-electron chi connectivity index (χ4n) is 10.7. The van der Waals surface area contributed by atoms with E-state index in [-0.39, 0.29) is 28.7 Å². The number of aromatic nitrogens is 6. The molecule has 3 aromatic heterocycles. The third-order valence-electron chi connectivity index (χ3n) is 14.1. The Hall–Kier alpha value is -7.95. The van der Waals surface area contributed by atoms with Gasteiger partial charge in [0, 0.05) is 78.7 Å². The highest BCUT2D eigenvalue weighted by Crippen LogP contribution is 2.43. The van der Waals surface area contributed by atoms with E-state index in [4.69, 9.17) is 31.4 Å². The van der Waals surface area contributed by atoms with Gasteiger partial charge in [-0.2, -0.15) is 0 Å². The maximum atomic E-state index is 13.5. The smallest absolute Gasteiger partial charge is 0.282 e. The third-order valence-corrected chi connectivity index (χ3v) is 14.1. The number of hydrogen-bond acceptors (Lipinski definition) is 16. The lowest BCUT2D eigenvalue weighted by atomic mass is 9.75. The van der Waals surface area contributed by atoms with E-state index in [2.05, 4.69) is 63.6 Å². The van der Waals surface area contributed by atoms with Gasteiger partial charge in [-0.15, -0.1) is 0 Å². The van der Waals surface area contributed by atoms with Gasteiger partial charge in [0.15, 0.2) is 0 Å². The van der Waals surface area contributed by atoms with Crippen molar-refractivity contribution in [3.63, 3.8) is 0 Å². The van der Waals surface area contributed by atoms with Crippen molar-refractivity contribution >= 4 is 30.4 Å². The first-order valence-corrected chi connectivity index (χ1v) is 22.9. The normalized spacial score (nSPS) is 22.4. The number of nitrogens with zero attached hydrogens (tertiary/aromatic N) is 9. The highest BCUT2D eigenvalue weighted by atomic mass is 19.1. The van der Waals surface area contributed by atoms with Crippen LogP contribution < -0.4 is 17.2 Å². The minimum absolute atomic E-state index is 0.222. The Bertz CT molecular complexity index is 2890. The van der Waals surface area contributed by atoms with Crippen LogP contribution >= 0.6 is 0 Å². The van der Waals surface area contributed by atoms with Gasteiger partial charge in [0.25, 0.3) is 18.1 Å². The molecular weight excluding hydrogens is 876 g/mol. The molecule has 0 amide bonds. The van der Waals surface area contributed by atoms with Crippen molar-refractivity contribution in [2.75, 3.05) is 19.8 Å². The van der Waals surface area contributed by atoms with E-state index >= 15 is 0 Å². The lowest BCUT2D eigenvalue weighted by molar-refractivity contribution is 0.112. The van der Waals surface area contributed by atoms with E-state index in [0.29, 0.717) is 44.2 Å². The summed E-state index contributed by atoms with van der Waals surface area (Å²) in [5.41, 5.74) is 32.2. The van der Waals surface area contributed by atoms with Gasteiger partial charge < -0.3 is 31.4 Å². The molecule has 69 heavy (non-hydrogen) atoms. The lowest BCUT2D eigenvalue weighted by Crippen LogP contribution is -2.36. The first kappa shape index (κ1) is 44.9. The monoisotopic (exact) mass is 926 g/mol. The van der Waals surface area contributed by atoms with Crippen molar-refractivity contribution < 1.29 is 23.4 Å². The van der Waals surface area contributed by atoms with Crippen LogP contribution in [0.1, 0.15) is 74.1 Å². The molecule has 3 unspecified atom stereocenters. The molecule has 0 saturated carbocycles. The standard InChI is InChI=1S/C18H18N4O.C17H17FN4O.C17H16N4O2/c1-2-12-3-4-14(13-8-20-11-21-9-13)15-5-6-18(7-16(12)15)10-23-17(19)22-18;18-6-11-1-2-13(12-7-20-10-21-8-12)14-3-4-17(5-15(11)14)9-23-16(19)22-17;18-16-21-17(9-23-16)4-3-14-13(12-6-19-10-20-7-12)2-1-11(8-22)15(14)5-17/h2-4,8-9,11H,1,5-7,10H2,(H2,19,22);1-2,7-8,10H,3-6,9H2,(H2,19,22);1-2,6-8,10H,3-5,9H2,(H2,18,21). The van der Waals surface area contributed by atoms with E-state index in [9.17, 15) is 9.18 Å². The molecule has 17 heteroatoms. The molecule has 6 aliphatic rings. The largest absolute Gasteiger partial charge is 0.463 e. The highest BCUT2D eigenvalue weighted by molar-refractivity contribution is 5.83. The number of halogens is 1. The fourth-order valence-corrected chi connectivity index (χ4v) is 10.7. The van der Waals surface area contributed by atoms with Crippen LogP contribution in [0.2, 0.25) is 0 Å². The number of rotatable bonds is 6. The Labute approximate surface area is 398 Å². The number of aldehydes is 1. The summed E-state index contributed by atoms with van der Waals surface area (Å²) < 4.78 is 29.6. The summed E-state index contributed by atoms with van der Waals surface area (Å²) in [6.07, 6.45) is 25.6. The molecule has 3 aliphatic carbocycles. The van der Waals surface area contributed by atoms with Crippen LogP contribution in [0.25, 0.3) is 39.5 Å². The van der Waals surface area contributed by atoms with Gasteiger partial charge in [0.1, 0.15) is 68.4 Å². The average molecular weight is 927 g/mol. The van der Waals surface area contributed by atoms with Gasteiger partial charge in [-0.25, -0.2) is 49.3 Å². The second-order valence-corrected chi connectivity index (χ2v) is 18.3. The van der Waals surface area contributed by atoms with Crippen molar-refractivity contribution in [3.8, 4) is 33.4 Å². The van der Waals surface area contributed by atoms with Gasteiger partial charge in [-0.3, -0.25) is 4.79 Å². The molecule has 0 saturated heterocycles. The van der Waals surface area contributed by atoms with Crippen LogP contribution in [-0.4, -0.2) is 90.7 Å². The van der Waals surface area contributed by atoms with Crippen LogP contribution in [-0.2, 0) is 59.4 Å². The predicted molar refractivity (Wildman–Crippen MR) is 260 cm³/mol. The van der Waals surface area contributed by atoms with Crippen LogP contribution in [0.3, 0.4) is 0 Å². The summed E-state index contributed by atoms with van der Waals surface area (Å²) in [6.45, 7) is 4.99. The number of amidine groups is 3. The Morgan fingerprint density at radius 2 is 0.884 bits per heavy atom. The number of carbonyl (C=O) groups is 1. The van der Waals surface area contributed by atoms with Gasteiger partial charge in [-0.1, -0.05) is 49.1 Å². The van der Waals surface area contributed by atoms with Crippen LogP contribution in [0.4, 0.5) is 4.39 Å². The van der Waals surface area contributed by atoms with E-state index < -0.39 is 6.67 Å². The van der Waals surface area contributed by atoms with E-state index in [1.807, 2.05) is 42.7 Å². The number of carbonyl (C=O) groups excluding carboxylic acids is 1. The molecule has 3 aliphatic heterocycles. The number of benzene rings is 3. The SMILES string of the molecule is C=Cc1ccc(-c2cncnc2)c2c1CC1(CC2)COC(N)=N1.NC1=NC2(CCc3c(-c4cncnc4)ccc(C=O)c3C2)CO1.NC1=NC2(CCc3c(-c4cncnc4)ccc(CF)c3C2)CO1. The number of fused-ring (bicyclic) bond motifs is 3. The molecular formula is C52H51FN12O4. The van der Waals surface area contributed by atoms with Crippen molar-refractivity contribution in [2.24, 2.45) is 32.2 Å². The van der Waals surface area contributed by atoms with Crippen molar-refractivity contribution in [1.82, 2.24) is 29.9 Å². The van der Waals surface area contributed by atoms with E-state index in [1.54, 1.807) is 31.1 Å². The molecule has 6 heterocycles. The molecule has 0 fully saturated rings. The Balaban J connectivity index is 0.000000120. The fraction of sp³-hybridized carbons (Fsp3) is 0.308. The summed E-state index contributed by atoms with van der Waals surface area (Å²) in [5.74, 6) is 0. The second kappa shape index (κ2) is 18.6. The quantitative estimate of drug-likeness (QED) is 0.161. The minimum Gasteiger partial charge on any atom is -0.463 e. The zero-order valence-corrected chi connectivity index (χ0v) is 38.0. The number of alkyl halides is 1. The predicted octanol–water partition coefficient (Wildman–Crippen LogP) is 6.07. The summed E-state index contributed by atoms with van der Waals surface area (Å²) in [4.78, 5) is 49.7. The molecule has 0 bridgehead atoms.